The molecule has 1 aromatic heterocycles. The number of pyridine rings is 1. The van der Waals surface area contributed by atoms with Crippen LogP contribution in [0.2, 0.25) is 0 Å². The van der Waals surface area contributed by atoms with E-state index in [9.17, 15) is 18.0 Å². The average Bonchev–Trinajstić information content (AvgIpc) is 2.75. The fraction of sp³-hybridized carbons (Fsp3) is 0.350. The predicted molar refractivity (Wildman–Crippen MR) is 111 cm³/mol. The summed E-state index contributed by atoms with van der Waals surface area (Å²) in [5, 5.41) is 2.82. The standard InChI is InChI=1S/C20H24N4O5S/c1-15-5-6-16(20(26)29-2)12-18(15)22-19(25)14-23-8-10-24(11-9-23)30(27,28)17-4-3-7-21-13-17/h3-7,12-13H,8-11,14H2,1-2H3,(H,22,25). The molecule has 0 bridgehead atoms. The summed E-state index contributed by atoms with van der Waals surface area (Å²) in [7, 11) is -2.28. The van der Waals surface area contributed by atoms with Crippen LogP contribution in [0.5, 0.6) is 0 Å². The number of nitrogens with one attached hydrogen (secondary N) is 1. The lowest BCUT2D eigenvalue weighted by Gasteiger charge is -2.33. The van der Waals surface area contributed by atoms with E-state index in [0.29, 0.717) is 37.4 Å². The maximum atomic E-state index is 12.7. The van der Waals surface area contributed by atoms with Gasteiger partial charge in [-0.15, -0.1) is 0 Å². The molecule has 9 nitrogen and oxygen atoms in total. The Kier molecular flexibility index (Phi) is 6.80. The van der Waals surface area contributed by atoms with Crippen molar-refractivity contribution in [2.24, 2.45) is 0 Å². The molecule has 1 aliphatic rings. The van der Waals surface area contributed by atoms with Crippen LogP contribution in [-0.2, 0) is 19.6 Å². The zero-order valence-corrected chi connectivity index (χ0v) is 17.7. The van der Waals surface area contributed by atoms with E-state index < -0.39 is 16.0 Å². The molecule has 1 N–H and O–H groups in total. The molecular formula is C20H24N4O5S. The molecule has 1 aromatic carbocycles. The third-order valence-electron chi connectivity index (χ3n) is 4.90. The highest BCUT2D eigenvalue weighted by atomic mass is 32.2. The molecule has 0 spiro atoms. The molecule has 0 unspecified atom stereocenters. The number of aryl methyl sites for hydroxylation is 1. The number of piperazine rings is 1. The normalized spacial score (nSPS) is 15.5. The molecule has 2 aromatic rings. The minimum Gasteiger partial charge on any atom is -0.465 e. The van der Waals surface area contributed by atoms with Crippen molar-refractivity contribution in [3.8, 4) is 0 Å². The first-order valence-corrected chi connectivity index (χ1v) is 10.9. The number of methoxy groups -OCH3 is 1. The summed E-state index contributed by atoms with van der Waals surface area (Å²) in [4.78, 5) is 30.1. The molecule has 0 atom stereocenters. The number of rotatable bonds is 6. The highest BCUT2D eigenvalue weighted by Crippen LogP contribution is 2.19. The molecule has 1 aliphatic heterocycles. The highest BCUT2D eigenvalue weighted by Gasteiger charge is 2.29. The van der Waals surface area contributed by atoms with E-state index in [1.165, 1.54) is 29.9 Å². The van der Waals surface area contributed by atoms with Crippen LogP contribution >= 0.6 is 0 Å². The Bertz CT molecular complexity index is 1020. The van der Waals surface area contributed by atoms with Crippen LogP contribution in [0.1, 0.15) is 15.9 Å². The second kappa shape index (κ2) is 9.33. The van der Waals surface area contributed by atoms with Gasteiger partial charge in [-0.3, -0.25) is 14.7 Å². The summed E-state index contributed by atoms with van der Waals surface area (Å²) in [6.45, 7) is 3.42. The second-order valence-electron chi connectivity index (χ2n) is 6.94. The third kappa shape index (κ3) is 5.02. The number of ether oxygens (including phenoxy) is 1. The molecule has 30 heavy (non-hydrogen) atoms. The maximum Gasteiger partial charge on any atom is 0.337 e. The topological polar surface area (TPSA) is 109 Å². The third-order valence-corrected chi connectivity index (χ3v) is 6.79. The summed E-state index contributed by atoms with van der Waals surface area (Å²) in [5.74, 6) is -0.708. The second-order valence-corrected chi connectivity index (χ2v) is 8.88. The van der Waals surface area contributed by atoms with Gasteiger partial charge in [-0.05, 0) is 36.8 Å². The van der Waals surface area contributed by atoms with Gasteiger partial charge >= 0.3 is 5.97 Å². The monoisotopic (exact) mass is 432 g/mol. The number of carbonyl (C=O) groups is 2. The fourth-order valence-electron chi connectivity index (χ4n) is 3.17. The molecule has 3 rings (SSSR count). The Morgan fingerprint density at radius 2 is 1.90 bits per heavy atom. The Hall–Kier alpha value is -2.82. The SMILES string of the molecule is COC(=O)c1ccc(C)c(NC(=O)CN2CCN(S(=O)(=O)c3cccnc3)CC2)c1. The Morgan fingerprint density at radius 1 is 1.17 bits per heavy atom. The van der Waals surface area contributed by atoms with Gasteiger partial charge in [-0.2, -0.15) is 4.31 Å². The summed E-state index contributed by atoms with van der Waals surface area (Å²) >= 11 is 0. The van der Waals surface area contributed by atoms with Crippen molar-refractivity contribution in [3.05, 3.63) is 53.9 Å². The van der Waals surface area contributed by atoms with Crippen LogP contribution in [0.15, 0.2) is 47.6 Å². The fourth-order valence-corrected chi connectivity index (χ4v) is 4.56. The van der Waals surface area contributed by atoms with Crippen LogP contribution < -0.4 is 5.32 Å². The molecule has 0 aliphatic carbocycles. The number of esters is 1. The maximum absolute atomic E-state index is 12.7. The minimum atomic E-state index is -3.58. The first-order chi connectivity index (χ1) is 14.3. The van der Waals surface area contributed by atoms with Crippen molar-refractivity contribution in [1.29, 1.82) is 0 Å². The molecular weight excluding hydrogens is 408 g/mol. The van der Waals surface area contributed by atoms with Gasteiger partial charge in [0.05, 0.1) is 19.2 Å². The summed E-state index contributed by atoms with van der Waals surface area (Å²) < 4.78 is 31.4. The number of amides is 1. The zero-order valence-electron chi connectivity index (χ0n) is 16.9. The van der Waals surface area contributed by atoms with Gasteiger partial charge in [0.1, 0.15) is 4.90 Å². The van der Waals surface area contributed by atoms with Crippen LogP contribution in [0.3, 0.4) is 0 Å². The van der Waals surface area contributed by atoms with E-state index in [2.05, 4.69) is 10.3 Å². The number of benzene rings is 1. The van der Waals surface area contributed by atoms with Gasteiger partial charge in [0.25, 0.3) is 0 Å². The summed E-state index contributed by atoms with van der Waals surface area (Å²) in [6, 6.07) is 8.07. The molecule has 2 heterocycles. The highest BCUT2D eigenvalue weighted by molar-refractivity contribution is 7.89. The van der Waals surface area contributed by atoms with E-state index in [0.717, 1.165) is 5.56 Å². The van der Waals surface area contributed by atoms with Crippen molar-refractivity contribution in [1.82, 2.24) is 14.2 Å². The number of aromatic nitrogens is 1. The number of carbonyl (C=O) groups excluding carboxylic acids is 2. The van der Waals surface area contributed by atoms with Crippen LogP contribution in [0.4, 0.5) is 5.69 Å². The molecule has 1 amide bonds. The molecule has 160 valence electrons. The first-order valence-electron chi connectivity index (χ1n) is 9.42. The van der Waals surface area contributed by atoms with E-state index in [-0.39, 0.29) is 17.3 Å². The number of sulfonamides is 1. The Labute approximate surface area is 175 Å². The van der Waals surface area contributed by atoms with Crippen molar-refractivity contribution in [3.63, 3.8) is 0 Å². The predicted octanol–water partition coefficient (Wildman–Crippen LogP) is 1.12. The molecule has 0 radical (unpaired) electrons. The number of anilines is 1. The quantitative estimate of drug-likeness (QED) is 0.682. The van der Waals surface area contributed by atoms with Gasteiger partial charge < -0.3 is 10.1 Å². The smallest absolute Gasteiger partial charge is 0.337 e. The molecule has 1 saturated heterocycles. The van der Waals surface area contributed by atoms with E-state index in [1.807, 2.05) is 11.8 Å². The van der Waals surface area contributed by atoms with E-state index in [4.69, 9.17) is 4.74 Å². The largest absolute Gasteiger partial charge is 0.465 e. The van der Waals surface area contributed by atoms with E-state index >= 15 is 0 Å². The number of nitrogens with zero attached hydrogens (tertiary/aromatic N) is 3. The van der Waals surface area contributed by atoms with Gasteiger partial charge in [-0.1, -0.05) is 6.07 Å². The summed E-state index contributed by atoms with van der Waals surface area (Å²) in [6.07, 6.45) is 2.86. The number of hydrogen-bond acceptors (Lipinski definition) is 7. The van der Waals surface area contributed by atoms with Crippen molar-refractivity contribution in [2.45, 2.75) is 11.8 Å². The zero-order chi connectivity index (χ0) is 21.7. The van der Waals surface area contributed by atoms with Crippen molar-refractivity contribution >= 4 is 27.6 Å². The molecule has 10 heteroatoms. The van der Waals surface area contributed by atoms with Crippen molar-refractivity contribution in [2.75, 3.05) is 45.2 Å². The van der Waals surface area contributed by atoms with E-state index in [1.54, 1.807) is 24.3 Å². The minimum absolute atomic E-state index is 0.128. The molecule has 0 saturated carbocycles. The van der Waals surface area contributed by atoms with Crippen LogP contribution in [0.25, 0.3) is 0 Å². The Balaban J connectivity index is 1.57. The average molecular weight is 433 g/mol. The lowest BCUT2D eigenvalue weighted by atomic mass is 10.1. The van der Waals surface area contributed by atoms with Gasteiger partial charge in [-0.25, -0.2) is 13.2 Å². The summed E-state index contributed by atoms with van der Waals surface area (Å²) in [5.41, 5.74) is 1.72. The van der Waals surface area contributed by atoms with Gasteiger partial charge in [0.2, 0.25) is 15.9 Å². The van der Waals surface area contributed by atoms with Crippen molar-refractivity contribution < 1.29 is 22.7 Å². The van der Waals surface area contributed by atoms with Crippen LogP contribution in [-0.4, -0.2) is 74.3 Å². The Morgan fingerprint density at radius 3 is 2.53 bits per heavy atom. The molecule has 1 fully saturated rings. The van der Waals surface area contributed by atoms with Crippen LogP contribution in [0, 0.1) is 6.92 Å². The number of hydrogen-bond donors (Lipinski definition) is 1. The lowest BCUT2D eigenvalue weighted by Crippen LogP contribution is -2.50. The first kappa shape index (κ1) is 21.9. The lowest BCUT2D eigenvalue weighted by molar-refractivity contribution is -0.117. The van der Waals surface area contributed by atoms with Gasteiger partial charge in [0, 0.05) is 44.3 Å². The van der Waals surface area contributed by atoms with Gasteiger partial charge in [0.15, 0.2) is 0 Å².